The molecule has 0 unspecified atom stereocenters. The smallest absolute Gasteiger partial charge is 0.0689 e. The Morgan fingerprint density at radius 2 is 1.67 bits per heavy atom. The number of aryl methyl sites for hydroxylation is 2. The van der Waals surface area contributed by atoms with Gasteiger partial charge in [-0.15, -0.1) is 0 Å². The van der Waals surface area contributed by atoms with Gasteiger partial charge >= 0.3 is 0 Å². The molecule has 2 aromatic carbocycles. The Bertz CT molecular complexity index is 678. The van der Waals surface area contributed by atoms with Crippen molar-refractivity contribution >= 4 is 10.9 Å². The fourth-order valence-electron chi connectivity index (χ4n) is 2.28. The average Bonchev–Trinajstić information content (AvgIpc) is 2.70. The molecule has 0 aliphatic rings. The van der Waals surface area contributed by atoms with Crippen LogP contribution in [0.15, 0.2) is 48.5 Å². The second-order valence-corrected chi connectivity index (χ2v) is 4.75. The number of rotatable bonds is 2. The van der Waals surface area contributed by atoms with Crippen molar-refractivity contribution in [3.63, 3.8) is 0 Å². The Hall–Kier alpha value is -2.09. The molecule has 0 N–H and O–H groups in total. The second-order valence-electron chi connectivity index (χ2n) is 4.75. The maximum atomic E-state index is 4.62. The predicted molar refractivity (Wildman–Crippen MR) is 74.8 cm³/mol. The molecule has 2 nitrogen and oxygen atoms in total. The molecule has 0 atom stereocenters. The molecule has 3 rings (SSSR count). The van der Waals surface area contributed by atoms with E-state index in [0.717, 1.165) is 12.2 Å². The first-order valence-electron chi connectivity index (χ1n) is 6.22. The van der Waals surface area contributed by atoms with Gasteiger partial charge in [0.2, 0.25) is 0 Å². The third-order valence-corrected chi connectivity index (χ3v) is 3.30. The summed E-state index contributed by atoms with van der Waals surface area (Å²) >= 11 is 0. The molecule has 0 bridgehead atoms. The molecule has 18 heavy (non-hydrogen) atoms. The van der Waals surface area contributed by atoms with Crippen LogP contribution in [-0.2, 0) is 6.54 Å². The molecule has 0 spiro atoms. The number of fused-ring (bicyclic) bond motifs is 1. The Labute approximate surface area is 107 Å². The summed E-state index contributed by atoms with van der Waals surface area (Å²) in [5.41, 5.74) is 4.88. The van der Waals surface area contributed by atoms with Crippen LogP contribution in [0.1, 0.15) is 16.8 Å². The Morgan fingerprint density at radius 1 is 0.944 bits per heavy atom. The monoisotopic (exact) mass is 236 g/mol. The number of hydrogen-bond donors (Lipinski definition) is 0. The number of hydrogen-bond acceptors (Lipinski definition) is 1. The third kappa shape index (κ3) is 1.90. The largest absolute Gasteiger partial charge is 0.260 e. The van der Waals surface area contributed by atoms with Crippen molar-refractivity contribution in [2.45, 2.75) is 20.4 Å². The van der Waals surface area contributed by atoms with Gasteiger partial charge in [-0.2, -0.15) is 5.10 Å². The van der Waals surface area contributed by atoms with Crippen molar-refractivity contribution in [3.8, 4) is 0 Å². The summed E-state index contributed by atoms with van der Waals surface area (Å²) in [5.74, 6) is 0. The lowest BCUT2D eigenvalue weighted by molar-refractivity contribution is 0.703. The highest BCUT2D eigenvalue weighted by atomic mass is 15.3. The highest BCUT2D eigenvalue weighted by Crippen LogP contribution is 2.18. The zero-order valence-corrected chi connectivity index (χ0v) is 10.7. The summed E-state index contributed by atoms with van der Waals surface area (Å²) in [4.78, 5) is 0. The molecule has 0 aliphatic carbocycles. The van der Waals surface area contributed by atoms with Gasteiger partial charge in [-0.05, 0) is 25.5 Å². The fraction of sp³-hybridized carbons (Fsp3) is 0.188. The van der Waals surface area contributed by atoms with E-state index in [-0.39, 0.29) is 0 Å². The van der Waals surface area contributed by atoms with E-state index in [0.29, 0.717) is 0 Å². The van der Waals surface area contributed by atoms with E-state index < -0.39 is 0 Å². The van der Waals surface area contributed by atoms with E-state index in [2.05, 4.69) is 72.2 Å². The third-order valence-electron chi connectivity index (χ3n) is 3.30. The van der Waals surface area contributed by atoms with Crippen LogP contribution in [0.3, 0.4) is 0 Å². The lowest BCUT2D eigenvalue weighted by atomic mass is 10.1. The SMILES string of the molecule is Cc1ccc(Cn2nc(C)c3ccccc32)cc1. The molecular weight excluding hydrogens is 220 g/mol. The lowest BCUT2D eigenvalue weighted by Gasteiger charge is -2.04. The van der Waals surface area contributed by atoms with Crippen molar-refractivity contribution in [1.29, 1.82) is 0 Å². The van der Waals surface area contributed by atoms with Crippen LogP contribution in [0.2, 0.25) is 0 Å². The van der Waals surface area contributed by atoms with E-state index in [1.54, 1.807) is 0 Å². The zero-order valence-electron chi connectivity index (χ0n) is 10.7. The van der Waals surface area contributed by atoms with Crippen LogP contribution in [0.25, 0.3) is 10.9 Å². The Morgan fingerprint density at radius 3 is 2.44 bits per heavy atom. The average molecular weight is 236 g/mol. The molecule has 90 valence electrons. The Kier molecular flexibility index (Phi) is 2.63. The quantitative estimate of drug-likeness (QED) is 0.663. The van der Waals surface area contributed by atoms with Gasteiger partial charge in [-0.25, -0.2) is 0 Å². The van der Waals surface area contributed by atoms with Gasteiger partial charge in [0.05, 0.1) is 17.8 Å². The number of aromatic nitrogens is 2. The maximum absolute atomic E-state index is 4.62. The normalized spacial score (nSPS) is 11.0. The van der Waals surface area contributed by atoms with Crippen LogP contribution in [-0.4, -0.2) is 9.78 Å². The summed E-state index contributed by atoms with van der Waals surface area (Å²) in [5, 5.41) is 5.86. The first-order valence-corrected chi connectivity index (χ1v) is 6.22. The van der Waals surface area contributed by atoms with Crippen molar-refractivity contribution in [2.75, 3.05) is 0 Å². The fourth-order valence-corrected chi connectivity index (χ4v) is 2.28. The molecule has 0 radical (unpaired) electrons. The van der Waals surface area contributed by atoms with Gasteiger partial charge in [0, 0.05) is 5.39 Å². The van der Waals surface area contributed by atoms with Gasteiger partial charge in [0.1, 0.15) is 0 Å². The summed E-state index contributed by atoms with van der Waals surface area (Å²) in [6, 6.07) is 17.0. The minimum atomic E-state index is 0.828. The maximum Gasteiger partial charge on any atom is 0.0689 e. The van der Waals surface area contributed by atoms with Crippen molar-refractivity contribution < 1.29 is 0 Å². The minimum Gasteiger partial charge on any atom is -0.260 e. The summed E-state index contributed by atoms with van der Waals surface area (Å²) < 4.78 is 2.08. The van der Waals surface area contributed by atoms with Gasteiger partial charge in [-0.3, -0.25) is 4.68 Å². The lowest BCUT2D eigenvalue weighted by Crippen LogP contribution is -2.01. The van der Waals surface area contributed by atoms with E-state index in [1.807, 2.05) is 0 Å². The predicted octanol–water partition coefficient (Wildman–Crippen LogP) is 3.70. The summed E-state index contributed by atoms with van der Waals surface area (Å²) in [6.45, 7) is 5.00. The van der Waals surface area contributed by atoms with E-state index in [9.17, 15) is 0 Å². The molecule has 0 saturated carbocycles. The molecule has 1 aromatic heterocycles. The van der Waals surface area contributed by atoms with Gasteiger partial charge < -0.3 is 0 Å². The molecule has 2 heteroatoms. The molecule has 1 heterocycles. The Balaban J connectivity index is 2.02. The highest BCUT2D eigenvalue weighted by Gasteiger charge is 2.06. The van der Waals surface area contributed by atoms with Crippen LogP contribution in [0, 0.1) is 13.8 Å². The zero-order chi connectivity index (χ0) is 12.5. The van der Waals surface area contributed by atoms with Gasteiger partial charge in [0.15, 0.2) is 0 Å². The molecule has 0 fully saturated rings. The van der Waals surface area contributed by atoms with Crippen LogP contribution in [0.4, 0.5) is 0 Å². The van der Waals surface area contributed by atoms with Crippen LogP contribution < -0.4 is 0 Å². The first-order chi connectivity index (χ1) is 8.74. The van der Waals surface area contributed by atoms with Crippen molar-refractivity contribution in [3.05, 3.63) is 65.4 Å². The number of benzene rings is 2. The molecule has 0 saturated heterocycles. The topological polar surface area (TPSA) is 17.8 Å². The molecule has 0 aliphatic heterocycles. The summed E-state index contributed by atoms with van der Waals surface area (Å²) in [7, 11) is 0. The van der Waals surface area contributed by atoms with Gasteiger partial charge in [-0.1, -0.05) is 48.0 Å². The van der Waals surface area contributed by atoms with Gasteiger partial charge in [0.25, 0.3) is 0 Å². The first kappa shape index (κ1) is 11.0. The number of nitrogens with zero attached hydrogens (tertiary/aromatic N) is 2. The molecular formula is C16H16N2. The van der Waals surface area contributed by atoms with Crippen molar-refractivity contribution in [2.24, 2.45) is 0 Å². The minimum absolute atomic E-state index is 0.828. The number of para-hydroxylation sites is 1. The second kappa shape index (κ2) is 4.30. The van der Waals surface area contributed by atoms with E-state index in [1.165, 1.54) is 22.0 Å². The van der Waals surface area contributed by atoms with E-state index >= 15 is 0 Å². The van der Waals surface area contributed by atoms with Crippen LogP contribution in [0.5, 0.6) is 0 Å². The summed E-state index contributed by atoms with van der Waals surface area (Å²) in [6.07, 6.45) is 0. The van der Waals surface area contributed by atoms with E-state index in [4.69, 9.17) is 0 Å². The molecule has 0 amide bonds. The highest BCUT2D eigenvalue weighted by molar-refractivity contribution is 5.81. The van der Waals surface area contributed by atoms with Crippen molar-refractivity contribution in [1.82, 2.24) is 9.78 Å². The van der Waals surface area contributed by atoms with Crippen LogP contribution >= 0.6 is 0 Å². The standard InChI is InChI=1S/C16H16N2/c1-12-7-9-14(10-8-12)11-18-16-6-4-3-5-15(16)13(2)17-18/h3-10H,11H2,1-2H3. The molecule has 3 aromatic rings.